The highest BCUT2D eigenvalue weighted by atomic mass is 16.3. The Morgan fingerprint density at radius 3 is 2.82 bits per heavy atom. The Morgan fingerprint density at radius 1 is 1.47 bits per heavy atom. The van der Waals surface area contributed by atoms with E-state index in [-0.39, 0.29) is 0 Å². The number of nitrogens with zero attached hydrogens (tertiary/aromatic N) is 4. The summed E-state index contributed by atoms with van der Waals surface area (Å²) in [6, 6.07) is 0. The Labute approximate surface area is 101 Å². The molecule has 5 heteroatoms. The van der Waals surface area contributed by atoms with Gasteiger partial charge in [-0.05, 0) is 13.8 Å². The first-order valence-corrected chi connectivity index (χ1v) is 5.80. The molecular formula is C12H18N4O. The lowest BCUT2D eigenvalue weighted by atomic mass is 10.1. The van der Waals surface area contributed by atoms with Gasteiger partial charge in [-0.25, -0.2) is 4.98 Å². The number of hydrogen-bond donors (Lipinski definition) is 1. The average molecular weight is 234 g/mol. The first-order valence-electron chi connectivity index (χ1n) is 5.80. The van der Waals surface area contributed by atoms with E-state index in [1.807, 2.05) is 30.9 Å². The summed E-state index contributed by atoms with van der Waals surface area (Å²) in [4.78, 5) is 4.26. The third kappa shape index (κ3) is 2.39. The molecule has 0 aromatic carbocycles. The Hall–Kier alpha value is -1.62. The van der Waals surface area contributed by atoms with Gasteiger partial charge in [-0.15, -0.1) is 0 Å². The van der Waals surface area contributed by atoms with Crippen LogP contribution in [0.4, 0.5) is 0 Å². The Balaban J connectivity index is 2.17. The van der Waals surface area contributed by atoms with Crippen molar-refractivity contribution < 1.29 is 5.11 Å². The van der Waals surface area contributed by atoms with E-state index in [9.17, 15) is 5.11 Å². The van der Waals surface area contributed by atoms with Gasteiger partial charge in [-0.2, -0.15) is 5.10 Å². The maximum atomic E-state index is 10.2. The van der Waals surface area contributed by atoms with Crippen molar-refractivity contribution >= 4 is 0 Å². The van der Waals surface area contributed by atoms with E-state index in [0.29, 0.717) is 6.42 Å². The molecule has 0 aliphatic rings. The van der Waals surface area contributed by atoms with Crippen molar-refractivity contribution in [3.8, 4) is 0 Å². The number of imidazole rings is 1. The topological polar surface area (TPSA) is 55.9 Å². The number of aliphatic hydroxyl groups is 1. The van der Waals surface area contributed by atoms with Gasteiger partial charge in [0.15, 0.2) is 0 Å². The van der Waals surface area contributed by atoms with Crippen molar-refractivity contribution in [2.75, 3.05) is 0 Å². The molecule has 1 N–H and O–H groups in total. The molecular weight excluding hydrogens is 216 g/mol. The lowest BCUT2D eigenvalue weighted by molar-refractivity contribution is 0.174. The van der Waals surface area contributed by atoms with E-state index in [1.54, 1.807) is 10.9 Å². The van der Waals surface area contributed by atoms with Crippen LogP contribution in [-0.2, 0) is 20.0 Å². The summed E-state index contributed by atoms with van der Waals surface area (Å²) in [5, 5.41) is 14.4. The predicted molar refractivity (Wildman–Crippen MR) is 64.5 cm³/mol. The second-order valence-electron chi connectivity index (χ2n) is 4.19. The highest BCUT2D eigenvalue weighted by Gasteiger charge is 2.16. The van der Waals surface area contributed by atoms with Gasteiger partial charge in [0.1, 0.15) is 5.82 Å². The van der Waals surface area contributed by atoms with Gasteiger partial charge in [0, 0.05) is 44.2 Å². The van der Waals surface area contributed by atoms with Crippen LogP contribution in [0.3, 0.4) is 0 Å². The van der Waals surface area contributed by atoms with Crippen LogP contribution in [-0.4, -0.2) is 24.4 Å². The maximum Gasteiger partial charge on any atom is 0.111 e. The third-order valence-corrected chi connectivity index (χ3v) is 2.93. The van der Waals surface area contributed by atoms with Gasteiger partial charge in [0.25, 0.3) is 0 Å². The first kappa shape index (κ1) is 11.9. The molecule has 2 heterocycles. The van der Waals surface area contributed by atoms with E-state index in [4.69, 9.17) is 0 Å². The molecule has 2 rings (SSSR count). The summed E-state index contributed by atoms with van der Waals surface area (Å²) in [5.74, 6) is 0.906. The van der Waals surface area contributed by atoms with Gasteiger partial charge in [-0.1, -0.05) is 0 Å². The molecule has 0 bridgehead atoms. The van der Waals surface area contributed by atoms with Gasteiger partial charge >= 0.3 is 0 Å². The normalized spacial score (nSPS) is 12.9. The van der Waals surface area contributed by atoms with E-state index in [2.05, 4.69) is 17.0 Å². The Bertz CT molecular complexity index is 500. The molecule has 5 nitrogen and oxygen atoms in total. The summed E-state index contributed by atoms with van der Waals surface area (Å²) < 4.78 is 3.76. The van der Waals surface area contributed by atoms with Gasteiger partial charge in [0.05, 0.1) is 11.8 Å². The van der Waals surface area contributed by atoms with Crippen molar-refractivity contribution in [3.63, 3.8) is 0 Å². The van der Waals surface area contributed by atoms with Crippen LogP contribution >= 0.6 is 0 Å². The van der Waals surface area contributed by atoms with Crippen molar-refractivity contribution in [1.29, 1.82) is 0 Å². The Kier molecular flexibility index (Phi) is 3.28. The van der Waals surface area contributed by atoms with Crippen LogP contribution in [0.2, 0.25) is 0 Å². The zero-order chi connectivity index (χ0) is 12.4. The quantitative estimate of drug-likeness (QED) is 0.865. The zero-order valence-electron chi connectivity index (χ0n) is 10.5. The van der Waals surface area contributed by atoms with Gasteiger partial charge in [0.2, 0.25) is 0 Å². The van der Waals surface area contributed by atoms with Crippen molar-refractivity contribution in [1.82, 2.24) is 19.3 Å². The lowest BCUT2D eigenvalue weighted by Gasteiger charge is -2.10. The first-order chi connectivity index (χ1) is 8.11. The molecule has 17 heavy (non-hydrogen) atoms. The average Bonchev–Trinajstić information content (AvgIpc) is 2.84. The van der Waals surface area contributed by atoms with Gasteiger partial charge < -0.3 is 9.67 Å². The summed E-state index contributed by atoms with van der Waals surface area (Å²) in [6.07, 6.45) is 5.53. The number of aliphatic hydroxyl groups excluding tert-OH is 1. The van der Waals surface area contributed by atoms with Crippen LogP contribution in [0.15, 0.2) is 18.6 Å². The SMILES string of the molecule is CCn1ccnc1CC(O)c1cn(C)nc1C. The molecule has 0 saturated carbocycles. The van der Waals surface area contributed by atoms with E-state index in [1.165, 1.54) is 0 Å². The molecule has 0 aliphatic heterocycles. The fraction of sp³-hybridized carbons (Fsp3) is 0.500. The highest BCUT2D eigenvalue weighted by molar-refractivity contribution is 5.19. The van der Waals surface area contributed by atoms with Gasteiger partial charge in [-0.3, -0.25) is 4.68 Å². The predicted octanol–water partition coefficient (Wildman–Crippen LogP) is 1.22. The monoisotopic (exact) mass is 234 g/mol. The number of aryl methyl sites for hydroxylation is 3. The van der Waals surface area contributed by atoms with Crippen molar-refractivity contribution in [2.45, 2.75) is 32.9 Å². The molecule has 1 atom stereocenters. The molecule has 1 unspecified atom stereocenters. The second kappa shape index (κ2) is 4.71. The number of rotatable bonds is 4. The summed E-state index contributed by atoms with van der Waals surface area (Å²) in [7, 11) is 1.86. The number of hydrogen-bond acceptors (Lipinski definition) is 3. The minimum Gasteiger partial charge on any atom is -0.388 e. The minimum atomic E-state index is -0.545. The molecule has 2 aromatic heterocycles. The van der Waals surface area contributed by atoms with Crippen LogP contribution in [0.1, 0.15) is 30.1 Å². The standard InChI is InChI=1S/C12H18N4O/c1-4-16-6-5-13-12(16)7-11(17)10-8-15(3)14-9(10)2/h5-6,8,11,17H,4,7H2,1-3H3. The Morgan fingerprint density at radius 2 is 2.24 bits per heavy atom. The molecule has 0 radical (unpaired) electrons. The fourth-order valence-electron chi connectivity index (χ4n) is 2.05. The van der Waals surface area contributed by atoms with Crippen molar-refractivity contribution in [2.24, 2.45) is 7.05 Å². The van der Waals surface area contributed by atoms with Crippen LogP contribution in [0.25, 0.3) is 0 Å². The van der Waals surface area contributed by atoms with E-state index >= 15 is 0 Å². The zero-order valence-corrected chi connectivity index (χ0v) is 10.5. The maximum absolute atomic E-state index is 10.2. The highest BCUT2D eigenvalue weighted by Crippen LogP contribution is 2.19. The minimum absolute atomic E-state index is 0.521. The molecule has 92 valence electrons. The summed E-state index contributed by atoms with van der Waals surface area (Å²) in [6.45, 7) is 4.84. The molecule has 2 aromatic rings. The largest absolute Gasteiger partial charge is 0.388 e. The van der Waals surface area contributed by atoms with Crippen molar-refractivity contribution in [3.05, 3.63) is 35.7 Å². The fourth-order valence-corrected chi connectivity index (χ4v) is 2.05. The molecule has 0 saturated heterocycles. The molecule has 0 amide bonds. The summed E-state index contributed by atoms with van der Waals surface area (Å²) in [5.41, 5.74) is 1.74. The molecule has 0 fully saturated rings. The van der Waals surface area contributed by atoms with Crippen LogP contribution < -0.4 is 0 Å². The lowest BCUT2D eigenvalue weighted by Crippen LogP contribution is -2.08. The third-order valence-electron chi connectivity index (χ3n) is 2.93. The van der Waals surface area contributed by atoms with Crippen LogP contribution in [0, 0.1) is 6.92 Å². The van der Waals surface area contributed by atoms with E-state index in [0.717, 1.165) is 23.6 Å². The summed E-state index contributed by atoms with van der Waals surface area (Å²) >= 11 is 0. The number of aromatic nitrogens is 4. The second-order valence-corrected chi connectivity index (χ2v) is 4.19. The van der Waals surface area contributed by atoms with E-state index < -0.39 is 6.10 Å². The molecule has 0 aliphatic carbocycles. The smallest absolute Gasteiger partial charge is 0.111 e. The van der Waals surface area contributed by atoms with Crippen LogP contribution in [0.5, 0.6) is 0 Å². The molecule has 0 spiro atoms.